The van der Waals surface area contributed by atoms with Gasteiger partial charge in [-0.05, 0) is 80.0 Å². The second-order valence-electron chi connectivity index (χ2n) is 11.5. The smallest absolute Gasteiger partial charge is 0.239 e. The Morgan fingerprint density at radius 3 is 1.97 bits per heavy atom. The van der Waals surface area contributed by atoms with Crippen molar-refractivity contribution in [3.8, 4) is 0 Å². The van der Waals surface area contributed by atoms with Gasteiger partial charge >= 0.3 is 0 Å². The Morgan fingerprint density at radius 1 is 0.844 bits per heavy atom. The summed E-state index contributed by atoms with van der Waals surface area (Å²) >= 11 is 0. The SMILES string of the molecule is O=C(CNC(=O)CC12CC3CC(CC(C3)C1)C2)NCCN1C(=O)[C@@H]2[C@@H](C1=O)[C@H]1C=C[C@H]2C1. The van der Waals surface area contributed by atoms with Crippen LogP contribution in [0.5, 0.6) is 0 Å². The van der Waals surface area contributed by atoms with Gasteiger partial charge in [-0.15, -0.1) is 0 Å². The molecular formula is C25H33N3O4. The van der Waals surface area contributed by atoms with Gasteiger partial charge in [0.25, 0.3) is 0 Å². The number of carbonyl (C=O) groups is 4. The largest absolute Gasteiger partial charge is 0.353 e. The van der Waals surface area contributed by atoms with Crippen LogP contribution < -0.4 is 10.6 Å². The predicted octanol–water partition coefficient (Wildman–Crippen LogP) is 1.63. The summed E-state index contributed by atoms with van der Waals surface area (Å²) in [6, 6.07) is 0. The highest BCUT2D eigenvalue weighted by Crippen LogP contribution is 2.61. The zero-order valence-corrected chi connectivity index (χ0v) is 18.6. The second-order valence-corrected chi connectivity index (χ2v) is 11.5. The summed E-state index contributed by atoms with van der Waals surface area (Å²) in [6.07, 6.45) is 13.2. The number of fused-ring (bicyclic) bond motifs is 5. The van der Waals surface area contributed by atoms with Crippen LogP contribution in [0.2, 0.25) is 0 Å². The molecule has 0 aromatic carbocycles. The van der Waals surface area contributed by atoms with Crippen LogP contribution in [-0.4, -0.2) is 48.2 Å². The van der Waals surface area contributed by atoms with Crippen LogP contribution in [0.3, 0.4) is 0 Å². The topological polar surface area (TPSA) is 95.6 Å². The van der Waals surface area contributed by atoms with E-state index in [0.29, 0.717) is 6.42 Å². The van der Waals surface area contributed by atoms with Crippen molar-refractivity contribution in [3.05, 3.63) is 12.2 Å². The van der Waals surface area contributed by atoms with Gasteiger partial charge in [0, 0.05) is 19.5 Å². The minimum Gasteiger partial charge on any atom is -0.353 e. The lowest BCUT2D eigenvalue weighted by Gasteiger charge is -2.56. The van der Waals surface area contributed by atoms with Crippen LogP contribution in [0.25, 0.3) is 0 Å². The quantitative estimate of drug-likeness (QED) is 0.466. The molecule has 0 spiro atoms. The molecule has 2 N–H and O–H groups in total. The fourth-order valence-corrected chi connectivity index (χ4v) is 8.64. The van der Waals surface area contributed by atoms with Gasteiger partial charge in [-0.1, -0.05) is 12.2 Å². The number of nitrogens with one attached hydrogen (secondary N) is 2. The maximum atomic E-state index is 12.7. The van der Waals surface area contributed by atoms with Gasteiger partial charge in [0.05, 0.1) is 18.4 Å². The molecule has 7 aliphatic rings. The highest BCUT2D eigenvalue weighted by molar-refractivity contribution is 6.06. The zero-order valence-electron chi connectivity index (χ0n) is 18.6. The Kier molecular flexibility index (Phi) is 4.74. The number of hydrogen-bond acceptors (Lipinski definition) is 4. The van der Waals surface area contributed by atoms with Crippen molar-refractivity contribution < 1.29 is 19.2 Å². The van der Waals surface area contributed by atoms with E-state index in [0.717, 1.165) is 24.2 Å². The zero-order chi connectivity index (χ0) is 22.0. The van der Waals surface area contributed by atoms with Crippen LogP contribution in [0.4, 0.5) is 0 Å². The first-order valence-corrected chi connectivity index (χ1v) is 12.5. The van der Waals surface area contributed by atoms with Gasteiger partial charge in [-0.25, -0.2) is 0 Å². The van der Waals surface area contributed by atoms with Crippen molar-refractivity contribution in [2.24, 2.45) is 46.8 Å². The molecule has 4 atom stereocenters. The van der Waals surface area contributed by atoms with Crippen molar-refractivity contribution in [3.63, 3.8) is 0 Å². The van der Waals surface area contributed by atoms with E-state index in [2.05, 4.69) is 22.8 Å². The molecule has 1 saturated heterocycles. The van der Waals surface area contributed by atoms with E-state index in [9.17, 15) is 19.2 Å². The van der Waals surface area contributed by atoms with Crippen molar-refractivity contribution >= 4 is 23.6 Å². The van der Waals surface area contributed by atoms with Gasteiger partial charge in [0.1, 0.15) is 0 Å². The molecule has 6 aliphatic carbocycles. The van der Waals surface area contributed by atoms with Crippen LogP contribution in [-0.2, 0) is 19.2 Å². The molecule has 32 heavy (non-hydrogen) atoms. The number of imide groups is 1. The van der Waals surface area contributed by atoms with Crippen LogP contribution in [0.1, 0.15) is 51.4 Å². The Hall–Kier alpha value is -2.18. The molecule has 172 valence electrons. The highest BCUT2D eigenvalue weighted by atomic mass is 16.2. The van der Waals surface area contributed by atoms with Crippen molar-refractivity contribution in [2.75, 3.05) is 19.6 Å². The molecule has 7 rings (SSSR count). The Bertz CT molecular complexity index is 830. The molecule has 0 aromatic heterocycles. The van der Waals surface area contributed by atoms with E-state index >= 15 is 0 Å². The third-order valence-corrected chi connectivity index (χ3v) is 9.37. The molecule has 7 nitrogen and oxygen atoms in total. The lowest BCUT2D eigenvalue weighted by Crippen LogP contribution is -2.48. The van der Waals surface area contributed by atoms with Gasteiger partial charge in [-0.3, -0.25) is 24.1 Å². The molecule has 1 heterocycles. The van der Waals surface area contributed by atoms with E-state index < -0.39 is 0 Å². The molecule has 5 saturated carbocycles. The third kappa shape index (κ3) is 3.30. The maximum Gasteiger partial charge on any atom is 0.239 e. The molecule has 6 bridgehead atoms. The average molecular weight is 440 g/mol. The summed E-state index contributed by atoms with van der Waals surface area (Å²) < 4.78 is 0. The second kappa shape index (κ2) is 7.42. The number of likely N-dealkylation sites (tertiary alicyclic amines) is 1. The Labute approximate surface area is 188 Å². The average Bonchev–Trinajstić information content (AvgIpc) is 3.40. The molecule has 0 aromatic rings. The summed E-state index contributed by atoms with van der Waals surface area (Å²) in [7, 11) is 0. The van der Waals surface area contributed by atoms with Crippen LogP contribution in [0.15, 0.2) is 12.2 Å². The standard InChI is InChI=1S/C25H33N3O4/c29-19(12-25-9-14-5-15(10-25)7-16(6-14)11-25)27-13-20(30)26-3-4-28-23(31)21-17-1-2-18(8-17)22(21)24(28)32/h1-2,14-18,21-22H,3-13H2,(H,26,30)(H,27,29)/t14?,15?,16?,17-,18-,21-,22-,25?/m0/s1. The van der Waals surface area contributed by atoms with Gasteiger partial charge in [0.2, 0.25) is 23.6 Å². The Morgan fingerprint density at radius 2 is 1.41 bits per heavy atom. The number of nitrogens with zero attached hydrogens (tertiary/aromatic N) is 1. The van der Waals surface area contributed by atoms with Gasteiger partial charge < -0.3 is 10.6 Å². The lowest BCUT2D eigenvalue weighted by molar-refractivity contribution is -0.141. The molecule has 0 radical (unpaired) electrons. The van der Waals surface area contributed by atoms with E-state index in [1.807, 2.05) is 0 Å². The predicted molar refractivity (Wildman–Crippen MR) is 116 cm³/mol. The van der Waals surface area contributed by atoms with Gasteiger partial charge in [-0.2, -0.15) is 0 Å². The fraction of sp³-hybridized carbons (Fsp3) is 0.760. The first kappa shape index (κ1) is 20.4. The summed E-state index contributed by atoms with van der Waals surface area (Å²) in [5, 5.41) is 5.55. The first-order valence-electron chi connectivity index (χ1n) is 12.5. The van der Waals surface area contributed by atoms with Crippen LogP contribution >= 0.6 is 0 Å². The molecule has 4 amide bonds. The van der Waals surface area contributed by atoms with E-state index in [-0.39, 0.29) is 72.3 Å². The molecule has 1 aliphatic heterocycles. The summed E-state index contributed by atoms with van der Waals surface area (Å²) in [5.41, 5.74) is 0.165. The van der Waals surface area contributed by atoms with Crippen molar-refractivity contribution in [1.82, 2.24) is 15.5 Å². The van der Waals surface area contributed by atoms with Crippen LogP contribution in [0, 0.1) is 46.8 Å². The number of allylic oxidation sites excluding steroid dienone is 2. The summed E-state index contributed by atoms with van der Waals surface area (Å²) in [5.74, 6) is 1.94. The van der Waals surface area contributed by atoms with E-state index in [1.165, 1.54) is 43.4 Å². The van der Waals surface area contributed by atoms with Crippen molar-refractivity contribution in [2.45, 2.75) is 51.4 Å². The molecule has 6 fully saturated rings. The fourth-order valence-electron chi connectivity index (χ4n) is 8.64. The Balaban J connectivity index is 0.939. The molecular weight excluding hydrogens is 406 g/mol. The number of rotatable bonds is 7. The summed E-state index contributed by atoms with van der Waals surface area (Å²) in [6.45, 7) is 0.382. The van der Waals surface area contributed by atoms with Gasteiger partial charge in [0.15, 0.2) is 0 Å². The highest BCUT2D eigenvalue weighted by Gasteiger charge is 2.59. The van der Waals surface area contributed by atoms with Crippen molar-refractivity contribution in [1.29, 1.82) is 0 Å². The molecule has 7 heteroatoms. The normalized spacial score (nSPS) is 42.6. The maximum absolute atomic E-state index is 12.7. The minimum absolute atomic E-state index is 0.0252. The number of carbonyl (C=O) groups excluding carboxylic acids is 4. The monoisotopic (exact) mass is 439 g/mol. The van der Waals surface area contributed by atoms with E-state index in [1.54, 1.807) is 0 Å². The number of hydrogen-bond donors (Lipinski definition) is 2. The summed E-state index contributed by atoms with van der Waals surface area (Å²) in [4.78, 5) is 51.5. The molecule has 0 unspecified atom stereocenters. The minimum atomic E-state index is -0.273. The lowest BCUT2D eigenvalue weighted by atomic mass is 9.49. The van der Waals surface area contributed by atoms with E-state index in [4.69, 9.17) is 0 Å². The number of amides is 4. The third-order valence-electron chi connectivity index (χ3n) is 9.37. The first-order chi connectivity index (χ1) is 15.4.